The molecule has 0 bridgehead atoms. The Morgan fingerprint density at radius 1 is 1.56 bits per heavy atom. The highest BCUT2D eigenvalue weighted by Gasteiger charge is 2.23. The summed E-state index contributed by atoms with van der Waals surface area (Å²) in [5, 5.41) is 20.7. The molecule has 1 aromatic carbocycles. The summed E-state index contributed by atoms with van der Waals surface area (Å²) >= 11 is 0. The van der Waals surface area contributed by atoms with Crippen molar-refractivity contribution in [3.05, 3.63) is 23.8 Å². The van der Waals surface area contributed by atoms with Crippen LogP contribution in [0, 0.1) is 11.3 Å². The van der Waals surface area contributed by atoms with Crippen LogP contribution < -0.4 is 10.2 Å². The molecular weight excluding hydrogens is 206 g/mol. The highest BCUT2D eigenvalue weighted by Crippen LogP contribution is 2.30. The summed E-state index contributed by atoms with van der Waals surface area (Å²) in [6.45, 7) is 0.378. The van der Waals surface area contributed by atoms with Crippen LogP contribution in [0.15, 0.2) is 18.2 Å². The highest BCUT2D eigenvalue weighted by molar-refractivity contribution is 6.02. The van der Waals surface area contributed by atoms with Crippen LogP contribution >= 0.6 is 0 Å². The lowest BCUT2D eigenvalue weighted by atomic mass is 10.1. The molecule has 0 saturated carbocycles. The molecule has 5 heteroatoms. The van der Waals surface area contributed by atoms with Gasteiger partial charge in [-0.05, 0) is 18.2 Å². The third-order valence-corrected chi connectivity index (χ3v) is 2.47. The zero-order valence-corrected chi connectivity index (χ0v) is 8.60. The smallest absolute Gasteiger partial charge is 0.246 e. The van der Waals surface area contributed by atoms with Crippen molar-refractivity contribution in [2.45, 2.75) is 0 Å². The summed E-state index contributed by atoms with van der Waals surface area (Å²) in [5.74, 6) is -0.100. The number of hydrogen-bond acceptors (Lipinski definition) is 4. The van der Waals surface area contributed by atoms with E-state index in [-0.39, 0.29) is 25.6 Å². The van der Waals surface area contributed by atoms with Crippen LogP contribution in [0.3, 0.4) is 0 Å². The first-order valence-electron chi connectivity index (χ1n) is 4.95. The number of carbonyl (C=O) groups excluding carboxylic acids is 1. The lowest BCUT2D eigenvalue weighted by molar-refractivity contribution is -0.117. The molecule has 0 spiro atoms. The molecule has 0 aromatic heterocycles. The topological polar surface area (TPSA) is 76.4 Å². The summed E-state index contributed by atoms with van der Waals surface area (Å²) in [6, 6.07) is 7.14. The van der Waals surface area contributed by atoms with Crippen molar-refractivity contribution in [1.29, 1.82) is 5.26 Å². The Bertz CT molecular complexity index is 465. The van der Waals surface area contributed by atoms with E-state index in [1.165, 1.54) is 4.90 Å². The lowest BCUT2D eigenvalue weighted by Crippen LogP contribution is -2.41. The fourth-order valence-electron chi connectivity index (χ4n) is 1.72. The van der Waals surface area contributed by atoms with Crippen LogP contribution in [0.4, 0.5) is 11.4 Å². The Morgan fingerprint density at radius 3 is 3.06 bits per heavy atom. The van der Waals surface area contributed by atoms with E-state index in [2.05, 4.69) is 5.32 Å². The van der Waals surface area contributed by atoms with Gasteiger partial charge in [0.15, 0.2) is 0 Å². The number of benzene rings is 1. The largest absolute Gasteiger partial charge is 0.395 e. The fraction of sp³-hybridized carbons (Fsp3) is 0.273. The van der Waals surface area contributed by atoms with Crippen LogP contribution in [0.2, 0.25) is 0 Å². The second-order valence-electron chi connectivity index (χ2n) is 3.47. The summed E-state index contributed by atoms with van der Waals surface area (Å²) in [6.07, 6.45) is 0. The number of aliphatic hydroxyl groups excluding tert-OH is 1. The average molecular weight is 217 g/mol. The van der Waals surface area contributed by atoms with Crippen LogP contribution in [0.5, 0.6) is 0 Å². The first-order valence-corrected chi connectivity index (χ1v) is 4.95. The number of amides is 1. The molecule has 0 fully saturated rings. The van der Waals surface area contributed by atoms with Crippen molar-refractivity contribution in [1.82, 2.24) is 0 Å². The van der Waals surface area contributed by atoms with Gasteiger partial charge in [-0.15, -0.1) is 0 Å². The summed E-state index contributed by atoms with van der Waals surface area (Å²) in [4.78, 5) is 13.1. The van der Waals surface area contributed by atoms with E-state index < -0.39 is 0 Å². The molecule has 0 unspecified atom stereocenters. The van der Waals surface area contributed by atoms with E-state index in [1.54, 1.807) is 18.2 Å². The summed E-state index contributed by atoms with van der Waals surface area (Å²) in [5.41, 5.74) is 1.97. The van der Waals surface area contributed by atoms with Gasteiger partial charge in [0.2, 0.25) is 5.91 Å². The van der Waals surface area contributed by atoms with Gasteiger partial charge in [0.05, 0.1) is 36.2 Å². The number of rotatable bonds is 2. The Morgan fingerprint density at radius 2 is 2.38 bits per heavy atom. The Balaban J connectivity index is 2.44. The van der Waals surface area contributed by atoms with Crippen LogP contribution in [0.25, 0.3) is 0 Å². The molecule has 0 atom stereocenters. The molecule has 2 N–H and O–H groups in total. The minimum Gasteiger partial charge on any atom is -0.395 e. The van der Waals surface area contributed by atoms with Crippen molar-refractivity contribution in [3.8, 4) is 6.07 Å². The van der Waals surface area contributed by atoms with Gasteiger partial charge in [0.1, 0.15) is 0 Å². The van der Waals surface area contributed by atoms with E-state index in [9.17, 15) is 4.79 Å². The standard InChI is InChI=1S/C11H11N3O2/c12-6-8-1-2-9-10(5-8)14(3-4-15)11(16)7-13-9/h1-2,5,13,15H,3-4,7H2. The predicted molar refractivity (Wildman–Crippen MR) is 59.1 cm³/mol. The normalized spacial score (nSPS) is 14.0. The number of aliphatic hydroxyl groups is 1. The molecule has 0 radical (unpaired) electrons. The van der Waals surface area contributed by atoms with Crippen LogP contribution in [0.1, 0.15) is 5.56 Å². The maximum absolute atomic E-state index is 11.6. The molecule has 1 heterocycles. The van der Waals surface area contributed by atoms with Gasteiger partial charge in [-0.25, -0.2) is 0 Å². The molecule has 1 aromatic rings. The SMILES string of the molecule is N#Cc1ccc2c(c1)N(CCO)C(=O)CN2. The van der Waals surface area contributed by atoms with Gasteiger partial charge in [-0.3, -0.25) is 4.79 Å². The molecule has 1 amide bonds. The maximum atomic E-state index is 11.6. The number of nitrogens with zero attached hydrogens (tertiary/aromatic N) is 2. The van der Waals surface area contributed by atoms with Gasteiger partial charge in [0, 0.05) is 6.54 Å². The van der Waals surface area contributed by atoms with E-state index in [0.29, 0.717) is 11.3 Å². The Hall–Kier alpha value is -2.06. The second-order valence-corrected chi connectivity index (χ2v) is 3.47. The molecule has 2 rings (SSSR count). The molecule has 5 nitrogen and oxygen atoms in total. The van der Waals surface area contributed by atoms with E-state index in [1.807, 2.05) is 6.07 Å². The van der Waals surface area contributed by atoms with Crippen molar-refractivity contribution in [2.24, 2.45) is 0 Å². The lowest BCUT2D eigenvalue weighted by Gasteiger charge is -2.29. The number of nitrogens with one attached hydrogen (secondary N) is 1. The van der Waals surface area contributed by atoms with E-state index in [4.69, 9.17) is 10.4 Å². The number of anilines is 2. The maximum Gasteiger partial charge on any atom is 0.246 e. The molecule has 1 aliphatic rings. The zero-order chi connectivity index (χ0) is 11.5. The molecule has 0 aliphatic carbocycles. The third-order valence-electron chi connectivity index (χ3n) is 2.47. The van der Waals surface area contributed by atoms with Gasteiger partial charge in [-0.2, -0.15) is 5.26 Å². The monoisotopic (exact) mass is 217 g/mol. The van der Waals surface area contributed by atoms with Crippen LogP contribution in [-0.2, 0) is 4.79 Å². The number of hydrogen-bond donors (Lipinski definition) is 2. The fourth-order valence-corrected chi connectivity index (χ4v) is 1.72. The Kier molecular flexibility index (Phi) is 2.75. The minimum absolute atomic E-state index is 0.0953. The molecule has 82 valence electrons. The highest BCUT2D eigenvalue weighted by atomic mass is 16.3. The van der Waals surface area contributed by atoms with Gasteiger partial charge >= 0.3 is 0 Å². The Labute approximate surface area is 92.9 Å². The van der Waals surface area contributed by atoms with Gasteiger partial charge in [-0.1, -0.05) is 0 Å². The van der Waals surface area contributed by atoms with Crippen molar-refractivity contribution < 1.29 is 9.90 Å². The first-order chi connectivity index (χ1) is 7.76. The molecule has 0 saturated heterocycles. The number of β-amino-alcohol motifs (C(OH)–C–C–N with tert-alkyl or cyclic N) is 1. The zero-order valence-electron chi connectivity index (χ0n) is 8.60. The van der Waals surface area contributed by atoms with Crippen molar-refractivity contribution in [3.63, 3.8) is 0 Å². The summed E-state index contributed by atoms with van der Waals surface area (Å²) in [7, 11) is 0. The predicted octanol–water partition coefficient (Wildman–Crippen LogP) is 0.309. The summed E-state index contributed by atoms with van der Waals surface area (Å²) < 4.78 is 0. The third kappa shape index (κ3) is 1.71. The van der Waals surface area contributed by atoms with Gasteiger partial charge in [0.25, 0.3) is 0 Å². The number of carbonyl (C=O) groups is 1. The minimum atomic E-state index is -0.100. The molecule has 1 aliphatic heterocycles. The average Bonchev–Trinajstić information content (AvgIpc) is 2.32. The number of fused-ring (bicyclic) bond motifs is 1. The van der Waals surface area contributed by atoms with Crippen LogP contribution in [-0.4, -0.2) is 30.7 Å². The van der Waals surface area contributed by atoms with E-state index >= 15 is 0 Å². The van der Waals surface area contributed by atoms with Gasteiger partial charge < -0.3 is 15.3 Å². The van der Waals surface area contributed by atoms with Crippen molar-refractivity contribution >= 4 is 17.3 Å². The molecule has 16 heavy (non-hydrogen) atoms. The second kappa shape index (κ2) is 4.21. The first kappa shape index (κ1) is 10.5. The molecular formula is C11H11N3O2. The van der Waals surface area contributed by atoms with E-state index in [0.717, 1.165) is 5.69 Å². The quantitative estimate of drug-likeness (QED) is 0.747. The van der Waals surface area contributed by atoms with Crippen molar-refractivity contribution in [2.75, 3.05) is 29.9 Å². The number of nitriles is 1.